The fourth-order valence-electron chi connectivity index (χ4n) is 1.57. The number of carbonyl (C=O) groups is 2. The molecule has 6 N–H and O–H groups in total. The van der Waals surface area contributed by atoms with Crippen LogP contribution in [0.15, 0.2) is 48.5 Å². The van der Waals surface area contributed by atoms with Gasteiger partial charge in [0.05, 0.1) is 11.1 Å². The number of benzene rings is 2. The monoisotopic (exact) mass is 302 g/mol. The van der Waals surface area contributed by atoms with Gasteiger partial charge in [0.1, 0.15) is 0 Å². The van der Waals surface area contributed by atoms with Gasteiger partial charge in [0, 0.05) is 13.1 Å². The first-order valence-electron chi connectivity index (χ1n) is 6.52. The van der Waals surface area contributed by atoms with Gasteiger partial charge in [-0.1, -0.05) is 24.3 Å². The number of carboxylic acid groups (broad SMARTS) is 2. The maximum atomic E-state index is 10.4. The van der Waals surface area contributed by atoms with E-state index in [9.17, 15) is 9.59 Å². The van der Waals surface area contributed by atoms with E-state index in [1.54, 1.807) is 48.5 Å². The van der Waals surface area contributed by atoms with Gasteiger partial charge in [0.25, 0.3) is 0 Å². The highest BCUT2D eigenvalue weighted by molar-refractivity contribution is 5.87. The largest absolute Gasteiger partial charge is 0.478 e. The summed E-state index contributed by atoms with van der Waals surface area (Å²) in [5.41, 5.74) is 13.1. The second-order valence-electron chi connectivity index (χ2n) is 4.41. The zero-order valence-corrected chi connectivity index (χ0v) is 11.9. The summed E-state index contributed by atoms with van der Waals surface area (Å²) in [7, 11) is 0. The van der Waals surface area contributed by atoms with Crippen LogP contribution >= 0.6 is 0 Å². The van der Waals surface area contributed by atoms with E-state index in [1.165, 1.54) is 0 Å². The van der Waals surface area contributed by atoms with Gasteiger partial charge < -0.3 is 21.7 Å². The van der Waals surface area contributed by atoms with Crippen molar-refractivity contribution in [2.45, 2.75) is 13.1 Å². The number of hydrogen-bond donors (Lipinski definition) is 4. The van der Waals surface area contributed by atoms with Crippen molar-refractivity contribution in [3.05, 3.63) is 70.8 Å². The second-order valence-corrected chi connectivity index (χ2v) is 4.41. The molecule has 2 rings (SSSR count). The third-order valence-corrected chi connectivity index (χ3v) is 2.87. The van der Waals surface area contributed by atoms with Crippen LogP contribution in [0.4, 0.5) is 0 Å². The van der Waals surface area contributed by atoms with E-state index >= 15 is 0 Å². The minimum Gasteiger partial charge on any atom is -0.478 e. The van der Waals surface area contributed by atoms with Crippen LogP contribution in [0.3, 0.4) is 0 Å². The summed E-state index contributed by atoms with van der Waals surface area (Å²) in [6, 6.07) is 13.0. The molecule has 22 heavy (non-hydrogen) atoms. The molecular weight excluding hydrogens is 284 g/mol. The molecule has 0 aromatic heterocycles. The van der Waals surface area contributed by atoms with Crippen LogP contribution in [0, 0.1) is 0 Å². The zero-order valence-electron chi connectivity index (χ0n) is 11.9. The fraction of sp³-hybridized carbons (Fsp3) is 0.125. The third kappa shape index (κ3) is 5.35. The van der Waals surface area contributed by atoms with E-state index in [4.69, 9.17) is 21.7 Å². The van der Waals surface area contributed by atoms with Crippen molar-refractivity contribution < 1.29 is 19.8 Å². The molecule has 2 aromatic carbocycles. The SMILES string of the molecule is NCc1ccc(C(=O)O)cc1.NCc1ccc(C(=O)O)cc1. The van der Waals surface area contributed by atoms with Gasteiger partial charge in [-0.05, 0) is 35.4 Å². The topological polar surface area (TPSA) is 127 Å². The lowest BCUT2D eigenvalue weighted by Crippen LogP contribution is -1.99. The molecule has 0 spiro atoms. The summed E-state index contributed by atoms with van der Waals surface area (Å²) in [5.74, 6) is -1.82. The molecule has 0 saturated carbocycles. The van der Waals surface area contributed by atoms with E-state index in [-0.39, 0.29) is 0 Å². The average Bonchev–Trinajstić information content (AvgIpc) is 2.55. The molecule has 0 bridgehead atoms. The van der Waals surface area contributed by atoms with Crippen LogP contribution in [0.1, 0.15) is 31.8 Å². The molecule has 0 aliphatic rings. The lowest BCUT2D eigenvalue weighted by molar-refractivity contribution is 0.0686. The van der Waals surface area contributed by atoms with Crippen molar-refractivity contribution in [2.24, 2.45) is 11.5 Å². The minimum absolute atomic E-state index is 0.294. The van der Waals surface area contributed by atoms with Crippen LogP contribution in [-0.4, -0.2) is 22.2 Å². The van der Waals surface area contributed by atoms with Crippen molar-refractivity contribution in [1.29, 1.82) is 0 Å². The Hall–Kier alpha value is -2.70. The lowest BCUT2D eigenvalue weighted by atomic mass is 10.1. The average molecular weight is 302 g/mol. The highest BCUT2D eigenvalue weighted by Gasteiger charge is 2.00. The van der Waals surface area contributed by atoms with Crippen molar-refractivity contribution in [3.63, 3.8) is 0 Å². The summed E-state index contributed by atoms with van der Waals surface area (Å²) in [5, 5.41) is 17.0. The number of aromatic carboxylic acids is 2. The number of rotatable bonds is 4. The van der Waals surface area contributed by atoms with E-state index < -0.39 is 11.9 Å². The molecule has 0 fully saturated rings. The molecule has 0 aliphatic carbocycles. The Morgan fingerprint density at radius 3 is 1.14 bits per heavy atom. The molecular formula is C16H18N2O4. The first-order chi connectivity index (χ1) is 10.5. The normalized spacial score (nSPS) is 9.55. The van der Waals surface area contributed by atoms with Crippen LogP contribution < -0.4 is 11.5 Å². The van der Waals surface area contributed by atoms with Gasteiger partial charge in [-0.3, -0.25) is 0 Å². The summed E-state index contributed by atoms with van der Waals surface area (Å²) >= 11 is 0. The lowest BCUT2D eigenvalue weighted by Gasteiger charge is -1.96. The smallest absolute Gasteiger partial charge is 0.335 e. The van der Waals surface area contributed by atoms with E-state index in [0.717, 1.165) is 11.1 Å². The van der Waals surface area contributed by atoms with Gasteiger partial charge >= 0.3 is 11.9 Å². The Morgan fingerprint density at radius 2 is 0.955 bits per heavy atom. The fourth-order valence-corrected chi connectivity index (χ4v) is 1.57. The van der Waals surface area contributed by atoms with Crippen molar-refractivity contribution in [3.8, 4) is 0 Å². The summed E-state index contributed by atoms with van der Waals surface area (Å²) in [6.07, 6.45) is 0. The van der Waals surface area contributed by atoms with Crippen molar-refractivity contribution in [2.75, 3.05) is 0 Å². The third-order valence-electron chi connectivity index (χ3n) is 2.87. The van der Waals surface area contributed by atoms with Gasteiger partial charge in [0.15, 0.2) is 0 Å². The zero-order chi connectivity index (χ0) is 16.5. The predicted octanol–water partition coefficient (Wildman–Crippen LogP) is 1.69. The van der Waals surface area contributed by atoms with Gasteiger partial charge in [-0.2, -0.15) is 0 Å². The van der Waals surface area contributed by atoms with Crippen molar-refractivity contribution in [1.82, 2.24) is 0 Å². The Kier molecular flexibility index (Phi) is 6.75. The standard InChI is InChI=1S/2C8H9NO2/c2*9-5-6-1-3-7(4-2-6)8(10)11/h2*1-4H,5,9H2,(H,10,11). The molecule has 6 heteroatoms. The van der Waals surface area contributed by atoms with Crippen LogP contribution in [0.5, 0.6) is 0 Å². The summed E-state index contributed by atoms with van der Waals surface area (Å²) in [4.78, 5) is 20.7. The van der Waals surface area contributed by atoms with Crippen LogP contribution in [-0.2, 0) is 13.1 Å². The Balaban J connectivity index is 0.000000220. The van der Waals surface area contributed by atoms with E-state index in [2.05, 4.69) is 0 Å². The molecule has 0 radical (unpaired) electrons. The molecule has 6 nitrogen and oxygen atoms in total. The molecule has 0 heterocycles. The maximum Gasteiger partial charge on any atom is 0.335 e. The Morgan fingerprint density at radius 1 is 0.682 bits per heavy atom. The quantitative estimate of drug-likeness (QED) is 0.680. The van der Waals surface area contributed by atoms with E-state index in [1.807, 2.05) is 0 Å². The predicted molar refractivity (Wildman–Crippen MR) is 82.6 cm³/mol. The highest BCUT2D eigenvalue weighted by atomic mass is 16.4. The Labute approximate surface area is 128 Å². The Bertz CT molecular complexity index is 564. The maximum absolute atomic E-state index is 10.4. The van der Waals surface area contributed by atoms with Crippen molar-refractivity contribution >= 4 is 11.9 Å². The summed E-state index contributed by atoms with van der Waals surface area (Å²) < 4.78 is 0. The molecule has 0 saturated heterocycles. The van der Waals surface area contributed by atoms with Crippen LogP contribution in [0.25, 0.3) is 0 Å². The van der Waals surface area contributed by atoms with Gasteiger partial charge in [0.2, 0.25) is 0 Å². The highest BCUT2D eigenvalue weighted by Crippen LogP contribution is 2.03. The minimum atomic E-state index is -0.909. The molecule has 0 aliphatic heterocycles. The number of nitrogens with two attached hydrogens (primary N) is 2. The first kappa shape index (κ1) is 17.4. The molecule has 0 amide bonds. The first-order valence-corrected chi connectivity index (χ1v) is 6.52. The molecule has 0 atom stereocenters. The second kappa shape index (κ2) is 8.56. The molecule has 2 aromatic rings. The van der Waals surface area contributed by atoms with Crippen LogP contribution in [0.2, 0.25) is 0 Å². The summed E-state index contributed by atoms with van der Waals surface area (Å²) in [6.45, 7) is 0.889. The van der Waals surface area contributed by atoms with Gasteiger partial charge in [-0.25, -0.2) is 9.59 Å². The number of hydrogen-bond acceptors (Lipinski definition) is 4. The van der Waals surface area contributed by atoms with Gasteiger partial charge in [-0.15, -0.1) is 0 Å². The number of carboxylic acids is 2. The molecule has 0 unspecified atom stereocenters. The molecule has 116 valence electrons. The van der Waals surface area contributed by atoms with E-state index in [0.29, 0.717) is 24.2 Å².